The van der Waals surface area contributed by atoms with Crippen molar-refractivity contribution in [2.75, 3.05) is 18.4 Å². The third-order valence-corrected chi connectivity index (χ3v) is 4.73. The van der Waals surface area contributed by atoms with Gasteiger partial charge in [-0.3, -0.25) is 9.59 Å². The van der Waals surface area contributed by atoms with Crippen molar-refractivity contribution in [2.45, 2.75) is 19.8 Å². The van der Waals surface area contributed by atoms with Crippen LogP contribution in [0.15, 0.2) is 48.5 Å². The van der Waals surface area contributed by atoms with Gasteiger partial charge >= 0.3 is 0 Å². The molecule has 1 aliphatic rings. The lowest BCUT2D eigenvalue weighted by molar-refractivity contribution is -0.121. The molecular formula is C21H21N3O2. The molecule has 0 aromatic heterocycles. The molecule has 1 aliphatic heterocycles. The summed E-state index contributed by atoms with van der Waals surface area (Å²) in [4.78, 5) is 26.8. The Morgan fingerprint density at radius 2 is 1.65 bits per heavy atom. The van der Waals surface area contributed by atoms with Crippen molar-refractivity contribution in [1.29, 1.82) is 5.26 Å². The van der Waals surface area contributed by atoms with Gasteiger partial charge in [-0.25, -0.2) is 0 Å². The summed E-state index contributed by atoms with van der Waals surface area (Å²) in [7, 11) is 0. The van der Waals surface area contributed by atoms with Gasteiger partial charge in [0.25, 0.3) is 5.91 Å². The molecule has 1 fully saturated rings. The molecule has 132 valence electrons. The van der Waals surface area contributed by atoms with E-state index in [1.54, 1.807) is 24.3 Å². The first kappa shape index (κ1) is 17.7. The van der Waals surface area contributed by atoms with Crippen LogP contribution in [0, 0.1) is 24.2 Å². The second-order valence-corrected chi connectivity index (χ2v) is 6.61. The third-order valence-electron chi connectivity index (χ3n) is 4.73. The van der Waals surface area contributed by atoms with Crippen LogP contribution < -0.4 is 5.32 Å². The van der Waals surface area contributed by atoms with E-state index in [0.717, 1.165) is 5.56 Å². The van der Waals surface area contributed by atoms with Crippen molar-refractivity contribution in [1.82, 2.24) is 4.90 Å². The topological polar surface area (TPSA) is 73.2 Å². The van der Waals surface area contributed by atoms with Crippen molar-refractivity contribution in [2.24, 2.45) is 5.92 Å². The minimum atomic E-state index is -0.104. The Balaban J connectivity index is 1.54. The highest BCUT2D eigenvalue weighted by atomic mass is 16.2. The van der Waals surface area contributed by atoms with Gasteiger partial charge in [0.15, 0.2) is 0 Å². The summed E-state index contributed by atoms with van der Waals surface area (Å²) in [5.74, 6) is -0.110. The summed E-state index contributed by atoms with van der Waals surface area (Å²) in [6, 6.07) is 16.4. The standard InChI is InChI=1S/C21H21N3O2/c1-15-2-6-18(7-3-15)21(26)24-12-10-17(11-13-24)20(25)23-19-8-4-16(14-22)5-9-19/h2-9,17H,10-13H2,1H3,(H,23,25). The summed E-state index contributed by atoms with van der Waals surface area (Å²) >= 11 is 0. The number of hydrogen-bond acceptors (Lipinski definition) is 3. The molecule has 5 heteroatoms. The quantitative estimate of drug-likeness (QED) is 0.925. The Labute approximate surface area is 153 Å². The normalized spacial score (nSPS) is 14.5. The fourth-order valence-electron chi connectivity index (χ4n) is 3.10. The Kier molecular flexibility index (Phi) is 5.33. The predicted octanol–water partition coefficient (Wildman–Crippen LogP) is 3.36. The smallest absolute Gasteiger partial charge is 0.253 e. The van der Waals surface area contributed by atoms with Crippen molar-refractivity contribution in [3.8, 4) is 6.07 Å². The molecule has 0 saturated carbocycles. The average molecular weight is 347 g/mol. The fourth-order valence-corrected chi connectivity index (χ4v) is 3.10. The molecule has 0 unspecified atom stereocenters. The van der Waals surface area contributed by atoms with Gasteiger partial charge in [-0.05, 0) is 56.2 Å². The van der Waals surface area contributed by atoms with Gasteiger partial charge < -0.3 is 10.2 Å². The zero-order chi connectivity index (χ0) is 18.5. The van der Waals surface area contributed by atoms with Crippen LogP contribution in [0.25, 0.3) is 0 Å². The minimum absolute atomic E-state index is 0.0240. The maximum atomic E-state index is 12.5. The van der Waals surface area contributed by atoms with E-state index >= 15 is 0 Å². The van der Waals surface area contributed by atoms with Crippen LogP contribution in [-0.4, -0.2) is 29.8 Å². The number of likely N-dealkylation sites (tertiary alicyclic amines) is 1. The van der Waals surface area contributed by atoms with Crippen LogP contribution in [0.2, 0.25) is 0 Å². The lowest BCUT2D eigenvalue weighted by Gasteiger charge is -2.31. The second-order valence-electron chi connectivity index (χ2n) is 6.61. The van der Waals surface area contributed by atoms with Crippen LogP contribution in [0.5, 0.6) is 0 Å². The molecule has 1 heterocycles. The third kappa shape index (κ3) is 4.09. The molecule has 5 nitrogen and oxygen atoms in total. The minimum Gasteiger partial charge on any atom is -0.339 e. The van der Waals surface area contributed by atoms with Gasteiger partial charge in [-0.2, -0.15) is 5.26 Å². The molecule has 2 aromatic rings. The van der Waals surface area contributed by atoms with E-state index in [1.165, 1.54) is 0 Å². The highest BCUT2D eigenvalue weighted by Gasteiger charge is 2.27. The van der Waals surface area contributed by atoms with Crippen LogP contribution in [-0.2, 0) is 4.79 Å². The van der Waals surface area contributed by atoms with E-state index in [0.29, 0.717) is 42.7 Å². The number of anilines is 1. The number of aryl methyl sites for hydroxylation is 1. The van der Waals surface area contributed by atoms with E-state index in [1.807, 2.05) is 36.1 Å². The number of carbonyl (C=O) groups is 2. The van der Waals surface area contributed by atoms with E-state index in [2.05, 4.69) is 11.4 Å². The number of nitrogens with one attached hydrogen (secondary N) is 1. The molecule has 0 bridgehead atoms. The molecular weight excluding hydrogens is 326 g/mol. The zero-order valence-corrected chi connectivity index (χ0v) is 14.7. The number of hydrogen-bond donors (Lipinski definition) is 1. The monoisotopic (exact) mass is 347 g/mol. The zero-order valence-electron chi connectivity index (χ0n) is 14.7. The fraction of sp³-hybridized carbons (Fsp3) is 0.286. The summed E-state index contributed by atoms with van der Waals surface area (Å²) in [6.45, 7) is 3.16. The molecule has 0 spiro atoms. The first-order chi connectivity index (χ1) is 12.6. The van der Waals surface area contributed by atoms with Crippen LogP contribution in [0.1, 0.15) is 34.3 Å². The van der Waals surface area contributed by atoms with Gasteiger partial charge in [0.2, 0.25) is 5.91 Å². The first-order valence-corrected chi connectivity index (χ1v) is 8.74. The van der Waals surface area contributed by atoms with Gasteiger partial charge in [-0.15, -0.1) is 0 Å². The molecule has 1 N–H and O–H groups in total. The lowest BCUT2D eigenvalue weighted by atomic mass is 9.95. The average Bonchev–Trinajstić information content (AvgIpc) is 2.69. The van der Waals surface area contributed by atoms with Crippen molar-refractivity contribution in [3.05, 3.63) is 65.2 Å². The Hall–Kier alpha value is -3.13. The highest BCUT2D eigenvalue weighted by molar-refractivity contribution is 5.95. The number of nitriles is 1. The van der Waals surface area contributed by atoms with E-state index in [4.69, 9.17) is 5.26 Å². The molecule has 2 aromatic carbocycles. The molecule has 2 amide bonds. The maximum absolute atomic E-state index is 12.5. The van der Waals surface area contributed by atoms with Gasteiger partial charge in [0.05, 0.1) is 11.6 Å². The van der Waals surface area contributed by atoms with Gasteiger partial charge in [-0.1, -0.05) is 17.7 Å². The van der Waals surface area contributed by atoms with Crippen LogP contribution in [0.4, 0.5) is 5.69 Å². The van der Waals surface area contributed by atoms with Gasteiger partial charge in [0, 0.05) is 30.3 Å². The lowest BCUT2D eigenvalue weighted by Crippen LogP contribution is -2.41. The van der Waals surface area contributed by atoms with E-state index in [9.17, 15) is 9.59 Å². The first-order valence-electron chi connectivity index (χ1n) is 8.74. The van der Waals surface area contributed by atoms with Crippen LogP contribution in [0.3, 0.4) is 0 Å². The van der Waals surface area contributed by atoms with E-state index < -0.39 is 0 Å². The van der Waals surface area contributed by atoms with E-state index in [-0.39, 0.29) is 17.7 Å². The summed E-state index contributed by atoms with van der Waals surface area (Å²) in [5, 5.41) is 11.7. The summed E-state index contributed by atoms with van der Waals surface area (Å²) in [5.41, 5.74) is 3.06. The predicted molar refractivity (Wildman–Crippen MR) is 99.6 cm³/mol. The maximum Gasteiger partial charge on any atom is 0.253 e. The Morgan fingerprint density at radius 3 is 2.23 bits per heavy atom. The summed E-state index contributed by atoms with van der Waals surface area (Å²) in [6.07, 6.45) is 1.30. The molecule has 26 heavy (non-hydrogen) atoms. The number of carbonyl (C=O) groups excluding carboxylic acids is 2. The number of benzene rings is 2. The van der Waals surface area contributed by atoms with Crippen molar-refractivity contribution >= 4 is 17.5 Å². The molecule has 0 atom stereocenters. The number of piperidine rings is 1. The number of rotatable bonds is 3. The Bertz CT molecular complexity index is 827. The van der Waals surface area contributed by atoms with Crippen LogP contribution >= 0.6 is 0 Å². The molecule has 3 rings (SSSR count). The summed E-state index contributed by atoms with van der Waals surface area (Å²) < 4.78 is 0. The second kappa shape index (κ2) is 7.83. The largest absolute Gasteiger partial charge is 0.339 e. The SMILES string of the molecule is Cc1ccc(C(=O)N2CCC(C(=O)Nc3ccc(C#N)cc3)CC2)cc1. The number of amides is 2. The highest BCUT2D eigenvalue weighted by Crippen LogP contribution is 2.21. The van der Waals surface area contributed by atoms with Crippen molar-refractivity contribution < 1.29 is 9.59 Å². The molecule has 1 saturated heterocycles. The number of nitrogens with zero attached hydrogens (tertiary/aromatic N) is 2. The van der Waals surface area contributed by atoms with Gasteiger partial charge in [0.1, 0.15) is 0 Å². The Morgan fingerprint density at radius 1 is 1.04 bits per heavy atom. The van der Waals surface area contributed by atoms with Crippen molar-refractivity contribution in [3.63, 3.8) is 0 Å². The molecule has 0 aliphatic carbocycles. The molecule has 0 radical (unpaired) electrons.